The lowest BCUT2D eigenvalue weighted by Gasteiger charge is -2.13. The molecule has 128 valence electrons. The second-order valence-electron chi connectivity index (χ2n) is 5.42. The third kappa shape index (κ3) is 2.99. The summed E-state index contributed by atoms with van der Waals surface area (Å²) in [5.41, 5.74) is 0.433. The van der Waals surface area contributed by atoms with Crippen molar-refractivity contribution in [2.45, 2.75) is 0 Å². The van der Waals surface area contributed by atoms with Gasteiger partial charge < -0.3 is 5.32 Å². The van der Waals surface area contributed by atoms with E-state index >= 15 is 0 Å². The maximum Gasteiger partial charge on any atom is 0.270 e. The summed E-state index contributed by atoms with van der Waals surface area (Å²) in [4.78, 5) is 47.6. The maximum absolute atomic E-state index is 12.3. The fourth-order valence-corrected chi connectivity index (χ4v) is 2.51. The average Bonchev–Trinajstić information content (AvgIpc) is 2.87. The number of fused-ring (bicyclic) bond motifs is 1. The van der Waals surface area contributed by atoms with E-state index in [0.29, 0.717) is 11.3 Å². The van der Waals surface area contributed by atoms with E-state index in [-0.39, 0.29) is 16.8 Å². The minimum atomic E-state index is -0.760. The highest BCUT2D eigenvalue weighted by Gasteiger charge is 2.37. The third-order valence-electron chi connectivity index (χ3n) is 3.76. The molecule has 1 aliphatic rings. The normalized spacial score (nSPS) is 12.5. The molecule has 9 heteroatoms. The summed E-state index contributed by atoms with van der Waals surface area (Å²) in [5.74, 6) is -2.06. The van der Waals surface area contributed by atoms with Crippen molar-refractivity contribution in [3.63, 3.8) is 0 Å². The van der Waals surface area contributed by atoms with E-state index < -0.39 is 29.2 Å². The quantitative estimate of drug-likeness (QED) is 0.507. The molecule has 3 amide bonds. The number of nitro benzene ring substituents is 1. The van der Waals surface area contributed by atoms with Gasteiger partial charge in [-0.1, -0.05) is 0 Å². The summed E-state index contributed by atoms with van der Waals surface area (Å²) in [6.45, 7) is -0.528. The molecular weight excluding hydrogens is 340 g/mol. The Morgan fingerprint density at radius 2 is 1.77 bits per heavy atom. The van der Waals surface area contributed by atoms with Gasteiger partial charge in [-0.2, -0.15) is 5.26 Å². The lowest BCUT2D eigenvalue weighted by molar-refractivity contribution is -0.384. The van der Waals surface area contributed by atoms with Crippen LogP contribution in [-0.2, 0) is 4.79 Å². The van der Waals surface area contributed by atoms with Gasteiger partial charge in [0.25, 0.3) is 17.5 Å². The minimum Gasteiger partial charge on any atom is -0.325 e. The Labute approximate surface area is 146 Å². The van der Waals surface area contributed by atoms with Crippen molar-refractivity contribution in [3.05, 3.63) is 69.3 Å². The first-order valence-corrected chi connectivity index (χ1v) is 7.35. The van der Waals surface area contributed by atoms with Crippen LogP contribution in [-0.4, -0.2) is 34.1 Å². The number of non-ortho nitro benzene ring substituents is 1. The van der Waals surface area contributed by atoms with Crippen LogP contribution in [0.15, 0.2) is 42.5 Å². The highest BCUT2D eigenvalue weighted by molar-refractivity contribution is 6.23. The number of anilines is 1. The van der Waals surface area contributed by atoms with Gasteiger partial charge in [0.15, 0.2) is 0 Å². The third-order valence-corrected chi connectivity index (χ3v) is 3.76. The number of nitriles is 1. The number of amides is 3. The van der Waals surface area contributed by atoms with E-state index in [1.807, 2.05) is 6.07 Å². The summed E-state index contributed by atoms with van der Waals surface area (Å²) in [6.07, 6.45) is 0. The van der Waals surface area contributed by atoms with Crippen molar-refractivity contribution in [1.29, 1.82) is 5.26 Å². The molecule has 0 aliphatic carbocycles. The second kappa shape index (κ2) is 6.45. The van der Waals surface area contributed by atoms with Crippen molar-refractivity contribution in [2.75, 3.05) is 11.9 Å². The van der Waals surface area contributed by atoms with Crippen LogP contribution >= 0.6 is 0 Å². The van der Waals surface area contributed by atoms with Crippen LogP contribution in [0.1, 0.15) is 26.3 Å². The van der Waals surface area contributed by atoms with Crippen LogP contribution in [0, 0.1) is 21.4 Å². The predicted molar refractivity (Wildman–Crippen MR) is 88.3 cm³/mol. The van der Waals surface area contributed by atoms with Gasteiger partial charge in [-0.15, -0.1) is 0 Å². The molecule has 0 saturated carbocycles. The zero-order valence-electron chi connectivity index (χ0n) is 13.1. The Hall–Kier alpha value is -4.06. The SMILES string of the molecule is N#Cc1ccc(NC(=O)CN2C(=O)c3ccc([N+](=O)[O-])cc3C2=O)cc1. The number of imide groups is 1. The Bertz CT molecular complexity index is 991. The first-order valence-electron chi connectivity index (χ1n) is 7.35. The molecule has 0 aromatic heterocycles. The first kappa shape index (κ1) is 16.8. The van der Waals surface area contributed by atoms with Crippen molar-refractivity contribution < 1.29 is 19.3 Å². The number of nitrogens with zero attached hydrogens (tertiary/aromatic N) is 3. The Morgan fingerprint density at radius 1 is 1.12 bits per heavy atom. The molecule has 2 aromatic carbocycles. The summed E-state index contributed by atoms with van der Waals surface area (Å²) in [5, 5.41) is 22.1. The Balaban J connectivity index is 1.74. The van der Waals surface area contributed by atoms with Gasteiger partial charge in [0.05, 0.1) is 27.7 Å². The van der Waals surface area contributed by atoms with E-state index in [9.17, 15) is 24.5 Å². The fraction of sp³-hybridized carbons (Fsp3) is 0.0588. The highest BCUT2D eigenvalue weighted by Crippen LogP contribution is 2.26. The number of hydrogen-bond donors (Lipinski definition) is 1. The van der Waals surface area contributed by atoms with Crippen LogP contribution in [0.4, 0.5) is 11.4 Å². The van der Waals surface area contributed by atoms with Gasteiger partial charge in [0.1, 0.15) is 6.54 Å². The molecule has 0 radical (unpaired) electrons. The van der Waals surface area contributed by atoms with E-state index in [1.54, 1.807) is 0 Å². The summed E-state index contributed by atoms with van der Waals surface area (Å²) in [7, 11) is 0. The molecule has 0 saturated heterocycles. The molecular formula is C17H10N4O5. The van der Waals surface area contributed by atoms with Crippen LogP contribution < -0.4 is 5.32 Å². The molecule has 0 spiro atoms. The van der Waals surface area contributed by atoms with Gasteiger partial charge in [-0.05, 0) is 30.3 Å². The van der Waals surface area contributed by atoms with Crippen molar-refractivity contribution in [3.8, 4) is 6.07 Å². The van der Waals surface area contributed by atoms with Gasteiger partial charge in [0, 0.05) is 17.8 Å². The molecule has 3 rings (SSSR count). The minimum absolute atomic E-state index is 0.0202. The Kier molecular flexibility index (Phi) is 4.16. The van der Waals surface area contributed by atoms with Crippen LogP contribution in [0.5, 0.6) is 0 Å². The monoisotopic (exact) mass is 350 g/mol. The number of benzene rings is 2. The standard InChI is InChI=1S/C17H10N4O5/c18-8-10-1-3-11(4-2-10)19-15(22)9-20-16(23)13-6-5-12(21(25)26)7-14(13)17(20)24/h1-7H,9H2,(H,19,22). The van der Waals surface area contributed by atoms with Crippen molar-refractivity contribution in [1.82, 2.24) is 4.90 Å². The lowest BCUT2D eigenvalue weighted by Crippen LogP contribution is -2.37. The van der Waals surface area contributed by atoms with E-state index in [1.165, 1.54) is 30.3 Å². The zero-order chi connectivity index (χ0) is 18.8. The van der Waals surface area contributed by atoms with Crippen molar-refractivity contribution in [2.24, 2.45) is 0 Å². The topological polar surface area (TPSA) is 133 Å². The molecule has 2 aromatic rings. The van der Waals surface area contributed by atoms with Crippen LogP contribution in [0.3, 0.4) is 0 Å². The van der Waals surface area contributed by atoms with Gasteiger partial charge >= 0.3 is 0 Å². The zero-order valence-corrected chi connectivity index (χ0v) is 13.1. The summed E-state index contributed by atoms with van der Waals surface area (Å²) >= 11 is 0. The maximum atomic E-state index is 12.3. The van der Waals surface area contributed by atoms with Crippen LogP contribution in [0.25, 0.3) is 0 Å². The van der Waals surface area contributed by atoms with E-state index in [0.717, 1.165) is 17.0 Å². The highest BCUT2D eigenvalue weighted by atomic mass is 16.6. The van der Waals surface area contributed by atoms with E-state index in [2.05, 4.69) is 5.32 Å². The molecule has 0 fully saturated rings. The van der Waals surface area contributed by atoms with Crippen LogP contribution in [0.2, 0.25) is 0 Å². The largest absolute Gasteiger partial charge is 0.325 e. The number of hydrogen-bond acceptors (Lipinski definition) is 6. The molecule has 0 bridgehead atoms. The molecule has 1 N–H and O–H groups in total. The Morgan fingerprint density at radius 3 is 2.38 bits per heavy atom. The molecule has 9 nitrogen and oxygen atoms in total. The first-order chi connectivity index (χ1) is 12.4. The van der Waals surface area contributed by atoms with Crippen molar-refractivity contribution >= 4 is 29.1 Å². The molecule has 0 atom stereocenters. The summed E-state index contributed by atoms with van der Waals surface area (Å²) in [6, 6.07) is 11.3. The van der Waals surface area contributed by atoms with Gasteiger partial charge in [-0.3, -0.25) is 29.4 Å². The molecule has 1 heterocycles. The molecule has 26 heavy (non-hydrogen) atoms. The number of carbonyl (C=O) groups is 3. The number of carbonyl (C=O) groups excluding carboxylic acids is 3. The second-order valence-corrected chi connectivity index (χ2v) is 5.42. The fourth-order valence-electron chi connectivity index (χ4n) is 2.51. The lowest BCUT2D eigenvalue weighted by atomic mass is 10.1. The molecule has 1 aliphatic heterocycles. The average molecular weight is 350 g/mol. The van der Waals surface area contributed by atoms with Gasteiger partial charge in [-0.25, -0.2) is 0 Å². The predicted octanol–water partition coefficient (Wildman–Crippen LogP) is 1.70. The summed E-state index contributed by atoms with van der Waals surface area (Å²) < 4.78 is 0. The number of nitro groups is 1. The smallest absolute Gasteiger partial charge is 0.270 e. The molecule has 0 unspecified atom stereocenters. The number of nitrogens with one attached hydrogen (secondary N) is 1. The number of rotatable bonds is 4. The van der Waals surface area contributed by atoms with E-state index in [4.69, 9.17) is 5.26 Å². The van der Waals surface area contributed by atoms with Gasteiger partial charge in [0.2, 0.25) is 5.91 Å².